The predicted molar refractivity (Wildman–Crippen MR) is 130 cm³/mol. The van der Waals surface area contributed by atoms with Crippen molar-refractivity contribution in [2.75, 3.05) is 6.61 Å². The van der Waals surface area contributed by atoms with E-state index in [2.05, 4.69) is 13.8 Å². The lowest BCUT2D eigenvalue weighted by Crippen LogP contribution is -2.20. The fraction of sp³-hybridized carbons (Fsp3) is 0.481. The lowest BCUT2D eigenvalue weighted by molar-refractivity contribution is -0.134. The minimum absolute atomic E-state index is 0.183. The molecule has 5 heteroatoms. The van der Waals surface area contributed by atoms with Gasteiger partial charge in [0.25, 0.3) is 0 Å². The van der Waals surface area contributed by atoms with E-state index >= 15 is 0 Å². The number of halogens is 1. The summed E-state index contributed by atoms with van der Waals surface area (Å²) in [5.41, 5.74) is 2.43. The van der Waals surface area contributed by atoms with Crippen molar-refractivity contribution in [3.05, 3.63) is 54.1 Å². The Balaban J connectivity index is 1.85. The van der Waals surface area contributed by atoms with Gasteiger partial charge in [0.1, 0.15) is 12.4 Å². The number of hydrogen-bond acceptors (Lipinski definition) is 4. The third kappa shape index (κ3) is 8.66. The minimum Gasteiger partial charge on any atom is -0.461 e. The summed E-state index contributed by atoms with van der Waals surface area (Å²) < 4.78 is 10.8. The average molecular weight is 459 g/mol. The molecule has 0 aliphatic heterocycles. The Morgan fingerprint density at radius 1 is 0.875 bits per heavy atom. The molecule has 2 atom stereocenters. The van der Waals surface area contributed by atoms with Gasteiger partial charge in [-0.2, -0.15) is 0 Å². The van der Waals surface area contributed by atoms with Crippen molar-refractivity contribution in [1.29, 1.82) is 0 Å². The van der Waals surface area contributed by atoms with Gasteiger partial charge in [0.15, 0.2) is 0 Å². The summed E-state index contributed by atoms with van der Waals surface area (Å²) in [7, 11) is 0. The SMILES string of the molecule is CCCCCCCC(=O)Oc1ccc(-c2ccc(C(=O)OCC(Cl)C(C)CC)cc2)cc1. The van der Waals surface area contributed by atoms with Crippen molar-refractivity contribution >= 4 is 23.5 Å². The maximum Gasteiger partial charge on any atom is 0.338 e. The second-order valence-electron chi connectivity index (χ2n) is 8.24. The molecule has 2 unspecified atom stereocenters. The second kappa shape index (κ2) is 13.9. The van der Waals surface area contributed by atoms with E-state index in [4.69, 9.17) is 21.1 Å². The first kappa shape index (κ1) is 25.9. The molecular formula is C27H35ClO4. The van der Waals surface area contributed by atoms with Gasteiger partial charge in [0, 0.05) is 6.42 Å². The van der Waals surface area contributed by atoms with Gasteiger partial charge in [-0.1, -0.05) is 77.1 Å². The van der Waals surface area contributed by atoms with Gasteiger partial charge >= 0.3 is 11.9 Å². The van der Waals surface area contributed by atoms with Crippen LogP contribution in [0.4, 0.5) is 0 Å². The molecule has 0 saturated carbocycles. The maximum absolute atomic E-state index is 12.3. The quantitative estimate of drug-likeness (QED) is 0.135. The lowest BCUT2D eigenvalue weighted by atomic mass is 10.0. The van der Waals surface area contributed by atoms with Crippen LogP contribution < -0.4 is 4.74 Å². The molecule has 2 aromatic carbocycles. The topological polar surface area (TPSA) is 52.6 Å². The van der Waals surface area contributed by atoms with Crippen LogP contribution in [-0.4, -0.2) is 23.9 Å². The normalized spacial score (nSPS) is 12.8. The van der Waals surface area contributed by atoms with Gasteiger partial charge < -0.3 is 9.47 Å². The minimum atomic E-state index is -0.373. The predicted octanol–water partition coefficient (Wildman–Crippen LogP) is 7.43. The standard InChI is InChI=1S/C27H35ClO4/c1-4-6-7-8-9-10-26(29)32-24-17-15-22(16-18-24)21-11-13-23(14-12-21)27(30)31-19-25(28)20(3)5-2/h11-18,20,25H,4-10,19H2,1-3H3. The highest BCUT2D eigenvalue weighted by Crippen LogP contribution is 2.24. The van der Waals surface area contributed by atoms with E-state index in [1.54, 1.807) is 24.3 Å². The Labute approximate surface area is 197 Å². The largest absolute Gasteiger partial charge is 0.461 e. The summed E-state index contributed by atoms with van der Waals surface area (Å²) in [5.74, 6) is 0.274. The van der Waals surface area contributed by atoms with E-state index < -0.39 is 0 Å². The Bertz CT molecular complexity index is 830. The molecule has 0 heterocycles. The summed E-state index contributed by atoms with van der Waals surface area (Å²) in [6, 6.07) is 14.6. The molecule has 0 spiro atoms. The first-order valence-electron chi connectivity index (χ1n) is 11.7. The second-order valence-corrected chi connectivity index (χ2v) is 8.80. The third-order valence-corrected chi connectivity index (χ3v) is 6.22. The number of carbonyl (C=O) groups excluding carboxylic acids is 2. The Kier molecular flexibility index (Phi) is 11.3. The van der Waals surface area contributed by atoms with Gasteiger partial charge in [-0.15, -0.1) is 11.6 Å². The first-order valence-corrected chi connectivity index (χ1v) is 12.1. The van der Waals surface area contributed by atoms with E-state index in [1.807, 2.05) is 31.2 Å². The molecule has 174 valence electrons. The molecule has 0 saturated heterocycles. The lowest BCUT2D eigenvalue weighted by Gasteiger charge is -2.16. The molecule has 0 amide bonds. The molecule has 2 rings (SSSR count). The highest BCUT2D eigenvalue weighted by Gasteiger charge is 2.16. The molecule has 0 fully saturated rings. The molecule has 0 radical (unpaired) electrons. The molecule has 0 aliphatic rings. The van der Waals surface area contributed by atoms with Crippen molar-refractivity contribution in [2.24, 2.45) is 5.92 Å². The number of alkyl halides is 1. The average Bonchev–Trinajstić information content (AvgIpc) is 2.82. The van der Waals surface area contributed by atoms with Crippen LogP contribution in [0.3, 0.4) is 0 Å². The number of carbonyl (C=O) groups is 2. The van der Waals surface area contributed by atoms with Gasteiger partial charge in [-0.25, -0.2) is 4.79 Å². The zero-order valence-electron chi connectivity index (χ0n) is 19.4. The van der Waals surface area contributed by atoms with E-state index in [1.165, 1.54) is 19.3 Å². The van der Waals surface area contributed by atoms with Crippen LogP contribution in [0.25, 0.3) is 11.1 Å². The van der Waals surface area contributed by atoms with Gasteiger partial charge in [0.05, 0.1) is 10.9 Å². The molecule has 0 aliphatic carbocycles. The van der Waals surface area contributed by atoms with Crippen LogP contribution in [0, 0.1) is 5.92 Å². The number of esters is 2. The van der Waals surface area contributed by atoms with Crippen LogP contribution in [0.2, 0.25) is 0 Å². The summed E-state index contributed by atoms with van der Waals surface area (Å²) in [4.78, 5) is 24.2. The highest BCUT2D eigenvalue weighted by molar-refractivity contribution is 6.21. The number of benzene rings is 2. The van der Waals surface area contributed by atoms with Crippen LogP contribution >= 0.6 is 11.6 Å². The van der Waals surface area contributed by atoms with Gasteiger partial charge in [-0.05, 0) is 47.7 Å². The van der Waals surface area contributed by atoms with Crippen LogP contribution in [-0.2, 0) is 9.53 Å². The zero-order chi connectivity index (χ0) is 23.3. The fourth-order valence-corrected chi connectivity index (χ4v) is 3.47. The van der Waals surface area contributed by atoms with Crippen molar-refractivity contribution in [1.82, 2.24) is 0 Å². The Hall–Kier alpha value is -2.33. The molecule has 0 bridgehead atoms. The fourth-order valence-electron chi connectivity index (χ4n) is 3.23. The monoisotopic (exact) mass is 458 g/mol. The van der Waals surface area contributed by atoms with Gasteiger partial charge in [0.2, 0.25) is 0 Å². The van der Waals surface area contributed by atoms with E-state index in [-0.39, 0.29) is 23.9 Å². The molecule has 0 N–H and O–H groups in total. The van der Waals surface area contributed by atoms with Crippen LogP contribution in [0.5, 0.6) is 5.75 Å². The molecule has 32 heavy (non-hydrogen) atoms. The summed E-state index contributed by atoms with van der Waals surface area (Å²) in [5, 5.41) is -0.183. The van der Waals surface area contributed by atoms with Gasteiger partial charge in [-0.3, -0.25) is 4.79 Å². The summed E-state index contributed by atoms with van der Waals surface area (Å²) in [6.07, 6.45) is 6.90. The molecule has 0 aromatic heterocycles. The van der Waals surface area contributed by atoms with Crippen LogP contribution in [0.15, 0.2) is 48.5 Å². The van der Waals surface area contributed by atoms with Crippen molar-refractivity contribution < 1.29 is 19.1 Å². The smallest absolute Gasteiger partial charge is 0.338 e. The number of unbranched alkanes of at least 4 members (excludes halogenated alkanes) is 4. The number of ether oxygens (including phenoxy) is 2. The maximum atomic E-state index is 12.3. The van der Waals surface area contributed by atoms with Crippen LogP contribution in [0.1, 0.15) is 76.1 Å². The summed E-state index contributed by atoms with van der Waals surface area (Å²) >= 11 is 6.25. The van der Waals surface area contributed by atoms with Crippen molar-refractivity contribution in [2.45, 2.75) is 71.1 Å². The highest BCUT2D eigenvalue weighted by atomic mass is 35.5. The molecule has 2 aromatic rings. The Morgan fingerprint density at radius 2 is 1.47 bits per heavy atom. The summed E-state index contributed by atoms with van der Waals surface area (Å²) in [6.45, 7) is 6.48. The Morgan fingerprint density at radius 3 is 2.06 bits per heavy atom. The molecular weight excluding hydrogens is 424 g/mol. The zero-order valence-corrected chi connectivity index (χ0v) is 20.2. The van der Waals surface area contributed by atoms with Crippen molar-refractivity contribution in [3.8, 4) is 16.9 Å². The van der Waals surface area contributed by atoms with E-state index in [0.717, 1.165) is 30.4 Å². The number of hydrogen-bond donors (Lipinski definition) is 0. The first-order chi connectivity index (χ1) is 15.4. The van der Waals surface area contributed by atoms with Crippen molar-refractivity contribution in [3.63, 3.8) is 0 Å². The number of rotatable bonds is 13. The van der Waals surface area contributed by atoms with E-state index in [9.17, 15) is 9.59 Å². The third-order valence-electron chi connectivity index (χ3n) is 5.66. The molecule has 4 nitrogen and oxygen atoms in total. The van der Waals surface area contributed by atoms with E-state index in [0.29, 0.717) is 23.7 Å².